The standard InChI is InChI=1S/C2H4O2.BrO2P/c1-2(3)4;1-3-4-2/h1H3,(H,3,4);. The number of rotatable bonds is 1. The van der Waals surface area contributed by atoms with E-state index >= 15 is 0 Å². The minimum absolute atomic E-state index is 0.335. The summed E-state index contributed by atoms with van der Waals surface area (Å²) < 4.78 is 12.8. The van der Waals surface area contributed by atoms with E-state index in [2.05, 4.69) is 19.9 Å². The Balaban J connectivity index is 0. The third-order valence-corrected chi connectivity index (χ3v) is 0.439. The molecule has 0 amide bonds. The molecule has 0 rings (SSSR count). The van der Waals surface area contributed by atoms with E-state index in [1.165, 1.54) is 0 Å². The molecule has 0 aromatic carbocycles. The predicted octanol–water partition coefficient (Wildman–Crippen LogP) is 1.61. The van der Waals surface area contributed by atoms with Crippen LogP contribution in [0.15, 0.2) is 0 Å². The van der Waals surface area contributed by atoms with Crippen molar-refractivity contribution in [3.05, 3.63) is 0 Å². The van der Waals surface area contributed by atoms with Crippen LogP contribution in [0, 0.1) is 0 Å². The van der Waals surface area contributed by atoms with Gasteiger partial charge in [-0.2, -0.15) is 0 Å². The average Bonchev–Trinajstić information content (AvgIpc) is 1.65. The smallest absolute Gasteiger partial charge is 0.339 e. The summed E-state index contributed by atoms with van der Waals surface area (Å²) in [5.41, 5.74) is 0. The number of carboxylic acids is 1. The number of carboxylic acid groups (broad SMARTS) is 1. The predicted molar refractivity (Wildman–Crippen MR) is 30.9 cm³/mol. The molecule has 6 heteroatoms. The summed E-state index contributed by atoms with van der Waals surface area (Å²) in [5, 5.41) is 7.42. The highest BCUT2D eigenvalue weighted by Gasteiger charge is 1.65. The Morgan fingerprint density at radius 3 is 2.00 bits per heavy atom. The van der Waals surface area contributed by atoms with Gasteiger partial charge < -0.3 is 5.11 Å². The molecule has 0 saturated carbocycles. The van der Waals surface area contributed by atoms with Gasteiger partial charge in [0.05, 0.1) is 0 Å². The Labute approximate surface area is 56.6 Å². The van der Waals surface area contributed by atoms with Crippen LogP contribution in [-0.2, 0) is 13.0 Å². The number of carbonyl (C=O) groups is 1. The molecule has 0 aliphatic rings. The van der Waals surface area contributed by atoms with Crippen molar-refractivity contribution >= 4 is 30.9 Å². The number of halogens is 1. The molecule has 8 heavy (non-hydrogen) atoms. The minimum Gasteiger partial charge on any atom is -0.481 e. The van der Waals surface area contributed by atoms with Gasteiger partial charge in [-0.05, 0) is 0 Å². The van der Waals surface area contributed by atoms with Gasteiger partial charge in [0.15, 0.2) is 0 Å². The summed E-state index contributed by atoms with van der Waals surface area (Å²) in [4.78, 5) is 9.00. The first-order valence-corrected chi connectivity index (χ1v) is 2.82. The molecule has 0 aromatic heterocycles. The van der Waals surface area contributed by atoms with Crippen molar-refractivity contribution in [3.8, 4) is 0 Å². The Bertz CT molecular complexity index is 70.4. The summed E-state index contributed by atoms with van der Waals surface area (Å²) in [6.07, 6.45) is 0. The lowest BCUT2D eigenvalue weighted by Crippen LogP contribution is -1.78. The Morgan fingerprint density at radius 1 is 1.88 bits per heavy atom. The molecule has 0 bridgehead atoms. The normalized spacial score (nSPS) is 7.25. The monoisotopic (exact) mass is 202 g/mol. The van der Waals surface area contributed by atoms with Crippen LogP contribution in [0.2, 0.25) is 0 Å². The van der Waals surface area contributed by atoms with E-state index in [1.807, 2.05) is 0 Å². The molecule has 0 saturated heterocycles. The van der Waals surface area contributed by atoms with E-state index in [0.29, 0.717) is 0 Å². The quantitative estimate of drug-likeness (QED) is 0.657. The highest BCUT2D eigenvalue weighted by Crippen LogP contribution is 1.97. The Hall–Kier alpha value is 0.0100. The van der Waals surface area contributed by atoms with Crippen LogP contribution in [0.3, 0.4) is 0 Å². The summed E-state index contributed by atoms with van der Waals surface area (Å²) in [5.74, 6) is -0.833. The third kappa shape index (κ3) is 148. The van der Waals surface area contributed by atoms with Gasteiger partial charge in [-0.1, -0.05) is 0 Å². The van der Waals surface area contributed by atoms with E-state index < -0.39 is 5.97 Å². The van der Waals surface area contributed by atoms with Crippen molar-refractivity contribution in [2.45, 2.75) is 6.92 Å². The number of hydrogen-bond acceptors (Lipinski definition) is 3. The van der Waals surface area contributed by atoms with Gasteiger partial charge in [-0.25, -0.2) is 8.18 Å². The van der Waals surface area contributed by atoms with Gasteiger partial charge in [0.1, 0.15) is 16.3 Å². The zero-order chi connectivity index (χ0) is 6.99. The topological polar surface area (TPSA) is 63.6 Å². The lowest BCUT2D eigenvalue weighted by molar-refractivity contribution is -0.134. The molecule has 48 valence electrons. The molecule has 0 aromatic rings. The SMILES string of the molecule is CC(=O)O.O=POBr. The van der Waals surface area contributed by atoms with Crippen molar-refractivity contribution in [2.75, 3.05) is 0 Å². The molecular formula is C2H4BrO4P. The molecule has 0 aliphatic heterocycles. The first kappa shape index (κ1) is 10.9. The van der Waals surface area contributed by atoms with Gasteiger partial charge in [0.25, 0.3) is 5.97 Å². The molecule has 0 heterocycles. The van der Waals surface area contributed by atoms with Crippen LogP contribution in [0.25, 0.3) is 0 Å². The maximum Gasteiger partial charge on any atom is 0.339 e. The molecule has 0 fully saturated rings. The number of aliphatic carboxylic acids is 1. The lowest BCUT2D eigenvalue weighted by atomic mass is 10.9. The molecule has 0 spiro atoms. The van der Waals surface area contributed by atoms with Crippen molar-refractivity contribution in [2.24, 2.45) is 0 Å². The van der Waals surface area contributed by atoms with Crippen LogP contribution < -0.4 is 0 Å². The fourth-order valence-electron chi connectivity index (χ4n) is 0. The highest BCUT2D eigenvalue weighted by molar-refractivity contribution is 9.06. The largest absolute Gasteiger partial charge is 0.481 e. The second kappa shape index (κ2) is 10.1. The summed E-state index contributed by atoms with van der Waals surface area (Å²) >= 11 is 2.42. The average molecular weight is 203 g/mol. The van der Waals surface area contributed by atoms with E-state index in [9.17, 15) is 0 Å². The summed E-state index contributed by atoms with van der Waals surface area (Å²) in [6, 6.07) is 0. The van der Waals surface area contributed by atoms with Crippen LogP contribution in [0.4, 0.5) is 0 Å². The maximum absolute atomic E-state index is 9.00. The second-order valence-electron chi connectivity index (χ2n) is 0.663. The fraction of sp³-hybridized carbons (Fsp3) is 0.500. The van der Waals surface area contributed by atoms with Crippen LogP contribution >= 0.6 is 24.9 Å². The molecular weight excluding hydrogens is 199 g/mol. The lowest BCUT2D eigenvalue weighted by Gasteiger charge is -1.59. The van der Waals surface area contributed by atoms with Crippen molar-refractivity contribution in [1.82, 2.24) is 0 Å². The van der Waals surface area contributed by atoms with Gasteiger partial charge in [-0.3, -0.25) is 4.79 Å². The Morgan fingerprint density at radius 2 is 2.00 bits per heavy atom. The minimum atomic E-state index is -0.833. The molecule has 0 unspecified atom stereocenters. The molecule has 0 atom stereocenters. The summed E-state index contributed by atoms with van der Waals surface area (Å²) in [6.45, 7) is 1.08. The maximum atomic E-state index is 9.00. The van der Waals surface area contributed by atoms with Crippen molar-refractivity contribution < 1.29 is 18.1 Å². The van der Waals surface area contributed by atoms with Gasteiger partial charge >= 0.3 is 8.69 Å². The van der Waals surface area contributed by atoms with Crippen LogP contribution in [0.5, 0.6) is 0 Å². The van der Waals surface area contributed by atoms with Gasteiger partial charge in [0, 0.05) is 6.92 Å². The van der Waals surface area contributed by atoms with Gasteiger partial charge in [-0.15, -0.1) is 0 Å². The molecule has 0 radical (unpaired) electrons. The van der Waals surface area contributed by atoms with Crippen molar-refractivity contribution in [1.29, 1.82) is 0 Å². The molecule has 4 nitrogen and oxygen atoms in total. The first-order valence-electron chi connectivity index (χ1n) is 1.45. The third-order valence-electron chi connectivity index (χ3n) is 0.0282. The fourth-order valence-corrected chi connectivity index (χ4v) is 0. The summed E-state index contributed by atoms with van der Waals surface area (Å²) in [7, 11) is -0.335. The molecule has 1 N–H and O–H groups in total. The van der Waals surface area contributed by atoms with Crippen molar-refractivity contribution in [3.63, 3.8) is 0 Å². The van der Waals surface area contributed by atoms with E-state index in [-0.39, 0.29) is 8.69 Å². The highest BCUT2D eigenvalue weighted by atomic mass is 79.9. The zero-order valence-electron chi connectivity index (χ0n) is 4.00. The van der Waals surface area contributed by atoms with Crippen LogP contribution in [-0.4, -0.2) is 11.1 Å². The van der Waals surface area contributed by atoms with Crippen LogP contribution in [0.1, 0.15) is 6.92 Å². The van der Waals surface area contributed by atoms with Gasteiger partial charge in [0.2, 0.25) is 0 Å². The second-order valence-corrected chi connectivity index (χ2v) is 1.82. The first-order chi connectivity index (χ1) is 3.65. The Kier molecular flexibility index (Phi) is 13.7. The molecule has 0 aliphatic carbocycles. The van der Waals surface area contributed by atoms with E-state index in [1.54, 1.807) is 0 Å². The number of hydrogen-bond donors (Lipinski definition) is 1. The van der Waals surface area contributed by atoms with E-state index in [0.717, 1.165) is 6.92 Å². The zero-order valence-corrected chi connectivity index (χ0v) is 6.48. The van der Waals surface area contributed by atoms with E-state index in [4.69, 9.17) is 14.5 Å².